The van der Waals surface area contributed by atoms with Crippen LogP contribution in [0.5, 0.6) is 0 Å². The summed E-state index contributed by atoms with van der Waals surface area (Å²) in [6.45, 7) is 6.78. The van der Waals surface area contributed by atoms with Gasteiger partial charge in [-0.15, -0.1) is 0 Å². The maximum absolute atomic E-state index is 5.61. The van der Waals surface area contributed by atoms with Crippen molar-refractivity contribution >= 4 is 0 Å². The Hall–Kier alpha value is -0.120. The van der Waals surface area contributed by atoms with Gasteiger partial charge in [0.05, 0.1) is 6.61 Å². The molecule has 1 fully saturated rings. The highest BCUT2D eigenvalue weighted by molar-refractivity contribution is 4.95. The van der Waals surface area contributed by atoms with Crippen molar-refractivity contribution < 1.29 is 4.74 Å². The minimum Gasteiger partial charge on any atom is -0.380 e. The molecule has 0 saturated heterocycles. The molecule has 0 heterocycles. The smallest absolute Gasteiger partial charge is 0.0593 e. The second-order valence-electron chi connectivity index (χ2n) is 4.47. The van der Waals surface area contributed by atoms with Gasteiger partial charge in [-0.3, -0.25) is 0 Å². The van der Waals surface area contributed by atoms with Crippen LogP contribution in [0.25, 0.3) is 0 Å². The highest BCUT2D eigenvalue weighted by atomic mass is 16.5. The van der Waals surface area contributed by atoms with Crippen LogP contribution in [0.3, 0.4) is 0 Å². The molecule has 0 amide bonds. The summed E-state index contributed by atoms with van der Waals surface area (Å²) in [7, 11) is 2.18. The van der Waals surface area contributed by atoms with Crippen molar-refractivity contribution in [2.45, 2.75) is 26.2 Å². The zero-order valence-electron chi connectivity index (χ0n) is 9.59. The summed E-state index contributed by atoms with van der Waals surface area (Å²) in [5, 5.41) is 0. The molecule has 0 radical (unpaired) electrons. The molecule has 3 heteroatoms. The zero-order chi connectivity index (χ0) is 10.4. The van der Waals surface area contributed by atoms with Crippen LogP contribution >= 0.6 is 0 Å². The van der Waals surface area contributed by atoms with Crippen LogP contribution in [0, 0.1) is 5.41 Å². The van der Waals surface area contributed by atoms with Gasteiger partial charge < -0.3 is 15.4 Å². The van der Waals surface area contributed by atoms with Crippen molar-refractivity contribution in [2.24, 2.45) is 11.1 Å². The van der Waals surface area contributed by atoms with E-state index in [1.54, 1.807) is 0 Å². The molecule has 1 rings (SSSR count). The van der Waals surface area contributed by atoms with E-state index in [4.69, 9.17) is 10.5 Å². The highest BCUT2D eigenvalue weighted by Gasteiger charge is 2.42. The molecule has 0 aromatic carbocycles. The molecule has 0 bridgehead atoms. The maximum atomic E-state index is 5.61. The fraction of sp³-hybridized carbons (Fsp3) is 1.00. The van der Waals surface area contributed by atoms with Gasteiger partial charge in [0.2, 0.25) is 0 Å². The lowest BCUT2D eigenvalue weighted by atomic mass is 10.0. The van der Waals surface area contributed by atoms with Crippen LogP contribution < -0.4 is 5.73 Å². The average molecular weight is 200 g/mol. The van der Waals surface area contributed by atoms with Crippen LogP contribution in [0.15, 0.2) is 0 Å². The Bertz CT molecular complexity index is 157. The van der Waals surface area contributed by atoms with Crippen molar-refractivity contribution in [3.05, 3.63) is 0 Å². The van der Waals surface area contributed by atoms with Gasteiger partial charge in [-0.05, 0) is 45.2 Å². The number of hydrogen-bond donors (Lipinski definition) is 1. The standard InChI is InChI=1S/C11H24N2O/c1-3-14-9-8-13(2)10-11(4-5-11)6-7-12/h3-10,12H2,1-2H3. The van der Waals surface area contributed by atoms with Crippen LogP contribution in [0.2, 0.25) is 0 Å². The van der Waals surface area contributed by atoms with Crippen molar-refractivity contribution in [1.29, 1.82) is 0 Å². The van der Waals surface area contributed by atoms with E-state index in [1.165, 1.54) is 25.8 Å². The third-order valence-corrected chi connectivity index (χ3v) is 3.06. The molecule has 0 unspecified atom stereocenters. The molecule has 14 heavy (non-hydrogen) atoms. The van der Waals surface area contributed by atoms with Crippen molar-refractivity contribution in [1.82, 2.24) is 4.90 Å². The Kier molecular flexibility index (Phi) is 4.85. The molecule has 0 aromatic heterocycles. The normalized spacial score (nSPS) is 18.9. The molecular formula is C11H24N2O. The van der Waals surface area contributed by atoms with Crippen LogP contribution in [0.1, 0.15) is 26.2 Å². The van der Waals surface area contributed by atoms with Gasteiger partial charge in [0.25, 0.3) is 0 Å². The number of rotatable bonds is 8. The number of nitrogens with two attached hydrogens (primary N) is 1. The van der Waals surface area contributed by atoms with Crippen molar-refractivity contribution in [3.63, 3.8) is 0 Å². The van der Waals surface area contributed by atoms with Gasteiger partial charge in [0, 0.05) is 19.7 Å². The molecule has 1 aliphatic rings. The van der Waals surface area contributed by atoms with E-state index >= 15 is 0 Å². The Morgan fingerprint density at radius 2 is 2.14 bits per heavy atom. The van der Waals surface area contributed by atoms with Crippen LogP contribution in [-0.4, -0.2) is 44.8 Å². The van der Waals surface area contributed by atoms with Gasteiger partial charge in [-0.1, -0.05) is 0 Å². The summed E-state index contributed by atoms with van der Waals surface area (Å²) >= 11 is 0. The largest absolute Gasteiger partial charge is 0.380 e. The molecule has 0 spiro atoms. The molecule has 3 nitrogen and oxygen atoms in total. The maximum Gasteiger partial charge on any atom is 0.0593 e. The summed E-state index contributed by atoms with van der Waals surface area (Å²) < 4.78 is 5.33. The summed E-state index contributed by atoms with van der Waals surface area (Å²) in [5.74, 6) is 0. The molecule has 0 atom stereocenters. The number of nitrogens with zero attached hydrogens (tertiary/aromatic N) is 1. The minimum atomic E-state index is 0.565. The fourth-order valence-corrected chi connectivity index (χ4v) is 1.99. The van der Waals surface area contributed by atoms with Gasteiger partial charge >= 0.3 is 0 Å². The number of likely N-dealkylation sites (N-methyl/N-ethyl adjacent to an activating group) is 1. The first-order valence-corrected chi connectivity index (χ1v) is 5.69. The van der Waals surface area contributed by atoms with Crippen LogP contribution in [-0.2, 0) is 4.74 Å². The zero-order valence-corrected chi connectivity index (χ0v) is 9.59. The third-order valence-electron chi connectivity index (χ3n) is 3.06. The predicted molar refractivity (Wildman–Crippen MR) is 59.3 cm³/mol. The molecule has 2 N–H and O–H groups in total. The summed E-state index contributed by atoms with van der Waals surface area (Å²) in [5.41, 5.74) is 6.17. The lowest BCUT2D eigenvalue weighted by Crippen LogP contribution is -2.31. The fourth-order valence-electron chi connectivity index (χ4n) is 1.99. The summed E-state index contributed by atoms with van der Waals surface area (Å²) in [4.78, 5) is 2.37. The molecular weight excluding hydrogens is 176 g/mol. The third kappa shape index (κ3) is 3.95. The van der Waals surface area contributed by atoms with Crippen LogP contribution in [0.4, 0.5) is 0 Å². The lowest BCUT2D eigenvalue weighted by molar-refractivity contribution is 0.114. The Balaban J connectivity index is 2.10. The Labute approximate surface area is 87.6 Å². The van der Waals surface area contributed by atoms with Gasteiger partial charge in [0.15, 0.2) is 0 Å². The number of hydrogen-bond acceptors (Lipinski definition) is 3. The second-order valence-corrected chi connectivity index (χ2v) is 4.47. The van der Waals surface area contributed by atoms with E-state index in [2.05, 4.69) is 11.9 Å². The van der Waals surface area contributed by atoms with Gasteiger partial charge in [-0.2, -0.15) is 0 Å². The Morgan fingerprint density at radius 1 is 1.43 bits per heavy atom. The van der Waals surface area contributed by atoms with Gasteiger partial charge in [-0.25, -0.2) is 0 Å². The molecule has 1 saturated carbocycles. The first-order chi connectivity index (χ1) is 6.72. The lowest BCUT2D eigenvalue weighted by Gasteiger charge is -2.23. The molecule has 0 aromatic rings. The minimum absolute atomic E-state index is 0.565. The van der Waals surface area contributed by atoms with Crippen molar-refractivity contribution in [2.75, 3.05) is 39.9 Å². The predicted octanol–water partition coefficient (Wildman–Crippen LogP) is 1.08. The van der Waals surface area contributed by atoms with E-state index < -0.39 is 0 Å². The highest BCUT2D eigenvalue weighted by Crippen LogP contribution is 2.48. The average Bonchev–Trinajstić information content (AvgIpc) is 2.86. The SMILES string of the molecule is CCOCCN(C)CC1(CCN)CC1. The van der Waals surface area contributed by atoms with E-state index in [9.17, 15) is 0 Å². The van der Waals surface area contributed by atoms with Gasteiger partial charge in [0.1, 0.15) is 0 Å². The summed E-state index contributed by atoms with van der Waals surface area (Å²) in [6.07, 6.45) is 3.92. The molecule has 0 aliphatic heterocycles. The van der Waals surface area contributed by atoms with E-state index in [0.29, 0.717) is 5.41 Å². The first-order valence-electron chi connectivity index (χ1n) is 5.69. The first kappa shape index (κ1) is 12.0. The molecule has 1 aliphatic carbocycles. The van der Waals surface area contributed by atoms with Crippen molar-refractivity contribution in [3.8, 4) is 0 Å². The monoisotopic (exact) mass is 200 g/mol. The van der Waals surface area contributed by atoms with E-state index in [0.717, 1.165) is 26.3 Å². The second kappa shape index (κ2) is 5.69. The topological polar surface area (TPSA) is 38.5 Å². The summed E-state index contributed by atoms with van der Waals surface area (Å²) in [6, 6.07) is 0. The molecule has 84 valence electrons. The van der Waals surface area contributed by atoms with E-state index in [1.807, 2.05) is 6.92 Å². The number of ether oxygens (including phenoxy) is 1. The quantitative estimate of drug-likeness (QED) is 0.596. The van der Waals surface area contributed by atoms with E-state index in [-0.39, 0.29) is 0 Å². The Morgan fingerprint density at radius 3 is 2.64 bits per heavy atom.